The van der Waals surface area contributed by atoms with E-state index >= 15 is 0 Å². The van der Waals surface area contributed by atoms with Gasteiger partial charge in [-0.3, -0.25) is 19.4 Å². The normalized spacial score (nSPS) is 19.1. The second kappa shape index (κ2) is 5.60. The Bertz CT molecular complexity index is 493. The Kier molecular flexibility index (Phi) is 3.89. The smallest absolute Gasteiger partial charge is 0.318 e. The molecule has 2 rings (SSSR count). The van der Waals surface area contributed by atoms with Crippen molar-refractivity contribution in [3.05, 3.63) is 30.1 Å². The highest BCUT2D eigenvalue weighted by Crippen LogP contribution is 2.16. The fourth-order valence-corrected chi connectivity index (χ4v) is 2.04. The first-order valence-electron chi connectivity index (χ1n) is 5.93. The minimum absolute atomic E-state index is 0.0761. The van der Waals surface area contributed by atoms with Gasteiger partial charge in [0, 0.05) is 37.5 Å². The molecule has 0 radical (unpaired) electrons. The number of carbonyl (C=O) groups excluding carboxylic acids is 3. The first kappa shape index (κ1) is 13.2. The van der Waals surface area contributed by atoms with Crippen LogP contribution in [0.15, 0.2) is 24.5 Å². The molecular formula is C13H14N2O4. The molecule has 0 N–H and O–H groups in total. The Balaban J connectivity index is 2.12. The van der Waals surface area contributed by atoms with Crippen LogP contribution in [0.1, 0.15) is 16.8 Å². The molecule has 1 aliphatic rings. The molecule has 100 valence electrons. The minimum atomic E-state index is -0.871. The molecular weight excluding hydrogens is 248 g/mol. The summed E-state index contributed by atoms with van der Waals surface area (Å²) in [6, 6.07) is 3.21. The molecule has 1 aliphatic heterocycles. The number of methoxy groups -OCH3 is 1. The van der Waals surface area contributed by atoms with Crippen molar-refractivity contribution in [2.75, 3.05) is 20.2 Å². The average molecular weight is 262 g/mol. The highest BCUT2D eigenvalue weighted by atomic mass is 16.5. The molecule has 0 aliphatic carbocycles. The van der Waals surface area contributed by atoms with Crippen LogP contribution in [0.2, 0.25) is 0 Å². The lowest BCUT2D eigenvalue weighted by molar-refractivity contribution is -0.151. The van der Waals surface area contributed by atoms with Crippen LogP contribution in [-0.2, 0) is 14.3 Å². The van der Waals surface area contributed by atoms with Crippen molar-refractivity contribution in [2.45, 2.75) is 6.42 Å². The third-order valence-electron chi connectivity index (χ3n) is 3.12. The van der Waals surface area contributed by atoms with Gasteiger partial charge in [0.1, 0.15) is 5.92 Å². The fourth-order valence-electron chi connectivity index (χ4n) is 2.04. The van der Waals surface area contributed by atoms with Gasteiger partial charge >= 0.3 is 5.97 Å². The number of nitrogens with zero attached hydrogens (tertiary/aromatic N) is 2. The highest BCUT2D eigenvalue weighted by Gasteiger charge is 2.35. The summed E-state index contributed by atoms with van der Waals surface area (Å²) in [5, 5.41) is 0. The van der Waals surface area contributed by atoms with Gasteiger partial charge in [-0.15, -0.1) is 0 Å². The Morgan fingerprint density at radius 3 is 2.68 bits per heavy atom. The molecule has 2 heterocycles. The van der Waals surface area contributed by atoms with E-state index in [1.807, 2.05) is 0 Å². The number of amides is 1. The maximum absolute atomic E-state index is 12.2. The van der Waals surface area contributed by atoms with E-state index in [9.17, 15) is 14.4 Å². The fraction of sp³-hybridized carbons (Fsp3) is 0.385. The van der Waals surface area contributed by atoms with Gasteiger partial charge in [-0.2, -0.15) is 0 Å². The van der Waals surface area contributed by atoms with Gasteiger partial charge in [0.05, 0.1) is 7.11 Å². The zero-order chi connectivity index (χ0) is 13.8. The third kappa shape index (κ3) is 2.78. The molecule has 6 nitrogen and oxygen atoms in total. The minimum Gasteiger partial charge on any atom is -0.468 e. The monoisotopic (exact) mass is 262 g/mol. The average Bonchev–Trinajstić information content (AvgIpc) is 2.47. The number of aromatic nitrogens is 1. The molecule has 0 saturated carbocycles. The number of hydrogen-bond donors (Lipinski definition) is 0. The van der Waals surface area contributed by atoms with Crippen molar-refractivity contribution >= 4 is 17.7 Å². The molecule has 1 saturated heterocycles. The Morgan fingerprint density at radius 1 is 1.37 bits per heavy atom. The van der Waals surface area contributed by atoms with Crippen LogP contribution < -0.4 is 0 Å². The van der Waals surface area contributed by atoms with Crippen LogP contribution in [0.4, 0.5) is 0 Å². The number of likely N-dealkylation sites (tertiary alicyclic amines) is 1. The lowest BCUT2D eigenvalue weighted by atomic mass is 9.96. The van der Waals surface area contributed by atoms with Gasteiger partial charge in [-0.1, -0.05) is 0 Å². The number of hydrogen-bond acceptors (Lipinski definition) is 5. The van der Waals surface area contributed by atoms with E-state index in [1.54, 1.807) is 12.1 Å². The van der Waals surface area contributed by atoms with Gasteiger partial charge in [0.15, 0.2) is 5.78 Å². The molecule has 0 aromatic carbocycles. The van der Waals surface area contributed by atoms with Crippen LogP contribution in [0.3, 0.4) is 0 Å². The Labute approximate surface area is 110 Å². The van der Waals surface area contributed by atoms with Gasteiger partial charge in [0.25, 0.3) is 5.91 Å². The van der Waals surface area contributed by atoms with E-state index in [0.717, 1.165) is 0 Å². The third-order valence-corrected chi connectivity index (χ3v) is 3.12. The molecule has 1 aromatic rings. The maximum atomic E-state index is 12.2. The second-order valence-electron chi connectivity index (χ2n) is 4.28. The van der Waals surface area contributed by atoms with Crippen molar-refractivity contribution in [1.82, 2.24) is 9.88 Å². The summed E-state index contributed by atoms with van der Waals surface area (Å²) in [7, 11) is 1.24. The van der Waals surface area contributed by atoms with Crippen LogP contribution in [0.5, 0.6) is 0 Å². The number of ether oxygens (including phenoxy) is 1. The zero-order valence-corrected chi connectivity index (χ0v) is 10.5. The van der Waals surface area contributed by atoms with Gasteiger partial charge in [-0.05, 0) is 12.1 Å². The molecule has 0 bridgehead atoms. The van der Waals surface area contributed by atoms with Crippen LogP contribution >= 0.6 is 0 Å². The summed E-state index contributed by atoms with van der Waals surface area (Å²) in [6.45, 7) is 0.403. The number of ketones is 1. The zero-order valence-electron chi connectivity index (χ0n) is 10.5. The van der Waals surface area contributed by atoms with Gasteiger partial charge in [0.2, 0.25) is 0 Å². The van der Waals surface area contributed by atoms with E-state index in [1.165, 1.54) is 24.4 Å². The lowest BCUT2D eigenvalue weighted by Gasteiger charge is -2.30. The van der Waals surface area contributed by atoms with Crippen molar-refractivity contribution in [2.24, 2.45) is 5.92 Å². The molecule has 6 heteroatoms. The van der Waals surface area contributed by atoms with Crippen LogP contribution in [0.25, 0.3) is 0 Å². The molecule has 1 fully saturated rings. The number of rotatable bonds is 2. The number of piperidine rings is 1. The Hall–Kier alpha value is -2.24. The standard InChI is InChI=1S/C13H14N2O4/c1-19-13(18)10-8-15(7-4-11(10)16)12(17)9-2-5-14-6-3-9/h2-3,5-6,10H,4,7-8H2,1H3. The molecule has 19 heavy (non-hydrogen) atoms. The number of esters is 1. The predicted molar refractivity (Wildman–Crippen MR) is 65.3 cm³/mol. The van der Waals surface area contributed by atoms with Crippen LogP contribution in [0, 0.1) is 5.92 Å². The maximum Gasteiger partial charge on any atom is 0.318 e. The van der Waals surface area contributed by atoms with Gasteiger partial charge in [-0.25, -0.2) is 0 Å². The summed E-state index contributed by atoms with van der Waals surface area (Å²) in [6.07, 6.45) is 3.23. The molecule has 1 amide bonds. The SMILES string of the molecule is COC(=O)C1CN(C(=O)c2ccncc2)CCC1=O. The number of carbonyl (C=O) groups is 3. The Morgan fingerprint density at radius 2 is 2.05 bits per heavy atom. The van der Waals surface area contributed by atoms with Gasteiger partial charge < -0.3 is 9.64 Å². The van der Waals surface area contributed by atoms with E-state index in [0.29, 0.717) is 12.1 Å². The van der Waals surface area contributed by atoms with Crippen molar-refractivity contribution in [1.29, 1.82) is 0 Å². The molecule has 1 unspecified atom stereocenters. The number of pyridine rings is 1. The van der Waals surface area contributed by atoms with Crippen molar-refractivity contribution in [3.63, 3.8) is 0 Å². The van der Waals surface area contributed by atoms with E-state index < -0.39 is 11.9 Å². The summed E-state index contributed by atoms with van der Waals surface area (Å²) in [5.74, 6) is -1.84. The largest absolute Gasteiger partial charge is 0.468 e. The first-order valence-corrected chi connectivity index (χ1v) is 5.93. The lowest BCUT2D eigenvalue weighted by Crippen LogP contribution is -2.47. The molecule has 1 aromatic heterocycles. The van der Waals surface area contributed by atoms with Crippen molar-refractivity contribution < 1.29 is 19.1 Å². The summed E-state index contributed by atoms with van der Waals surface area (Å²) >= 11 is 0. The highest BCUT2D eigenvalue weighted by molar-refractivity contribution is 6.02. The summed E-state index contributed by atoms with van der Waals surface area (Å²) < 4.78 is 4.59. The molecule has 1 atom stereocenters. The van der Waals surface area contributed by atoms with E-state index in [-0.39, 0.29) is 24.7 Å². The predicted octanol–water partition coefficient (Wildman–Crippen LogP) is 0.286. The quantitative estimate of drug-likeness (QED) is 0.565. The topological polar surface area (TPSA) is 76.6 Å². The molecule has 0 spiro atoms. The van der Waals surface area contributed by atoms with E-state index in [4.69, 9.17) is 0 Å². The van der Waals surface area contributed by atoms with Crippen molar-refractivity contribution in [3.8, 4) is 0 Å². The van der Waals surface area contributed by atoms with Crippen LogP contribution in [-0.4, -0.2) is 47.7 Å². The summed E-state index contributed by atoms with van der Waals surface area (Å²) in [5.41, 5.74) is 0.493. The number of Topliss-reactive ketones (excluding diaryl/α,β-unsaturated/α-hetero) is 1. The van der Waals surface area contributed by atoms with E-state index in [2.05, 4.69) is 9.72 Å². The second-order valence-corrected chi connectivity index (χ2v) is 4.28. The first-order chi connectivity index (χ1) is 9.13. The summed E-state index contributed by atoms with van der Waals surface area (Å²) in [4.78, 5) is 40.7.